The second-order valence-corrected chi connectivity index (χ2v) is 6.72. The molecule has 0 saturated carbocycles. The van der Waals surface area contributed by atoms with E-state index in [1.54, 1.807) is 0 Å². The van der Waals surface area contributed by atoms with Gasteiger partial charge in [0, 0.05) is 45.4 Å². The summed E-state index contributed by atoms with van der Waals surface area (Å²) in [4.78, 5) is 9.87. The molecule has 2 atom stereocenters. The molecular formula is C17H33IN4O2. The molecule has 7 heteroatoms. The normalized spacial score (nSPS) is 29.4. The van der Waals surface area contributed by atoms with Gasteiger partial charge in [-0.1, -0.05) is 0 Å². The van der Waals surface area contributed by atoms with Crippen molar-refractivity contribution in [2.24, 2.45) is 4.99 Å². The number of nitrogens with zero attached hydrogens (tertiary/aromatic N) is 3. The van der Waals surface area contributed by atoms with Crippen LogP contribution in [-0.2, 0) is 9.47 Å². The molecule has 0 aromatic carbocycles. The molecule has 1 N–H and O–H groups in total. The lowest BCUT2D eigenvalue weighted by Gasteiger charge is -2.32. The van der Waals surface area contributed by atoms with Crippen molar-refractivity contribution < 1.29 is 9.47 Å². The largest absolute Gasteiger partial charge is 0.379 e. The van der Waals surface area contributed by atoms with Crippen LogP contribution >= 0.6 is 24.0 Å². The van der Waals surface area contributed by atoms with E-state index in [0.29, 0.717) is 12.1 Å². The Morgan fingerprint density at radius 2 is 1.96 bits per heavy atom. The summed E-state index contributed by atoms with van der Waals surface area (Å²) in [6.07, 6.45) is 5.17. The molecule has 140 valence electrons. The predicted octanol–water partition coefficient (Wildman–Crippen LogP) is 1.55. The molecule has 3 saturated heterocycles. The third kappa shape index (κ3) is 5.71. The highest BCUT2D eigenvalue weighted by atomic mass is 127. The van der Waals surface area contributed by atoms with Crippen LogP contribution in [0.25, 0.3) is 0 Å². The fourth-order valence-electron chi connectivity index (χ4n) is 3.74. The van der Waals surface area contributed by atoms with Gasteiger partial charge in [-0.15, -0.1) is 24.0 Å². The van der Waals surface area contributed by atoms with Gasteiger partial charge in [0.2, 0.25) is 0 Å². The number of likely N-dealkylation sites (tertiary alicyclic amines) is 1. The lowest BCUT2D eigenvalue weighted by Crippen LogP contribution is -2.46. The SMILES string of the molecule is CCNC(=NCC1CCCCO1)N1CCC(N2CCOCC2)C1.I. The lowest BCUT2D eigenvalue weighted by atomic mass is 10.1. The molecule has 0 aromatic heterocycles. The van der Waals surface area contributed by atoms with Gasteiger partial charge in [-0.25, -0.2) is 0 Å². The topological polar surface area (TPSA) is 49.3 Å². The van der Waals surface area contributed by atoms with Crippen molar-refractivity contribution in [3.8, 4) is 0 Å². The van der Waals surface area contributed by atoms with E-state index < -0.39 is 0 Å². The first-order chi connectivity index (χ1) is 11.4. The Morgan fingerprint density at radius 1 is 1.12 bits per heavy atom. The van der Waals surface area contributed by atoms with Crippen LogP contribution in [0.3, 0.4) is 0 Å². The van der Waals surface area contributed by atoms with E-state index in [2.05, 4.69) is 22.0 Å². The van der Waals surface area contributed by atoms with Crippen LogP contribution < -0.4 is 5.32 Å². The number of nitrogens with one attached hydrogen (secondary N) is 1. The smallest absolute Gasteiger partial charge is 0.194 e. The Bertz CT molecular complexity index is 385. The van der Waals surface area contributed by atoms with E-state index in [1.807, 2.05) is 0 Å². The van der Waals surface area contributed by atoms with Gasteiger partial charge in [-0.3, -0.25) is 9.89 Å². The maximum atomic E-state index is 5.81. The molecule has 0 bridgehead atoms. The molecule has 3 rings (SSSR count). The Kier molecular flexibility index (Phi) is 9.07. The fourth-order valence-corrected chi connectivity index (χ4v) is 3.74. The Hall–Kier alpha value is -0.120. The van der Waals surface area contributed by atoms with Gasteiger partial charge < -0.3 is 19.7 Å². The van der Waals surface area contributed by atoms with Gasteiger partial charge in [-0.05, 0) is 32.6 Å². The minimum absolute atomic E-state index is 0. The van der Waals surface area contributed by atoms with Gasteiger partial charge in [0.05, 0.1) is 25.9 Å². The van der Waals surface area contributed by atoms with Crippen LogP contribution in [0.2, 0.25) is 0 Å². The minimum Gasteiger partial charge on any atom is -0.379 e. The van der Waals surface area contributed by atoms with Crippen molar-refractivity contribution in [2.45, 2.75) is 44.8 Å². The zero-order chi connectivity index (χ0) is 15.9. The van der Waals surface area contributed by atoms with Crippen LogP contribution in [-0.4, -0.2) is 87.0 Å². The second-order valence-electron chi connectivity index (χ2n) is 6.72. The van der Waals surface area contributed by atoms with E-state index in [9.17, 15) is 0 Å². The van der Waals surface area contributed by atoms with Crippen molar-refractivity contribution in [1.82, 2.24) is 15.1 Å². The number of hydrogen-bond acceptors (Lipinski definition) is 4. The first kappa shape index (κ1) is 20.2. The molecule has 0 amide bonds. The molecular weight excluding hydrogens is 419 g/mol. The summed E-state index contributed by atoms with van der Waals surface area (Å²) in [7, 11) is 0. The van der Waals surface area contributed by atoms with Crippen molar-refractivity contribution in [3.05, 3.63) is 0 Å². The molecule has 3 fully saturated rings. The quantitative estimate of drug-likeness (QED) is 0.399. The van der Waals surface area contributed by atoms with Crippen LogP contribution in [0.15, 0.2) is 4.99 Å². The maximum absolute atomic E-state index is 5.81. The zero-order valence-corrected chi connectivity index (χ0v) is 17.2. The van der Waals surface area contributed by atoms with Crippen molar-refractivity contribution in [2.75, 3.05) is 59.1 Å². The highest BCUT2D eigenvalue weighted by molar-refractivity contribution is 14.0. The molecule has 3 aliphatic rings. The molecule has 24 heavy (non-hydrogen) atoms. The Morgan fingerprint density at radius 3 is 2.67 bits per heavy atom. The van der Waals surface area contributed by atoms with Crippen molar-refractivity contribution in [3.63, 3.8) is 0 Å². The molecule has 0 aromatic rings. The van der Waals surface area contributed by atoms with Gasteiger partial charge in [-0.2, -0.15) is 0 Å². The average Bonchev–Trinajstić information content (AvgIpc) is 3.10. The summed E-state index contributed by atoms with van der Waals surface area (Å²) in [5.74, 6) is 1.07. The molecule has 3 heterocycles. The standard InChI is InChI=1S/C17H32N4O2.HI/c1-2-18-17(19-13-16-5-3-4-10-23-16)21-7-6-15(14-21)20-8-11-22-12-9-20;/h15-16H,2-14H2,1H3,(H,18,19);1H. The summed E-state index contributed by atoms with van der Waals surface area (Å²) in [5, 5.41) is 3.46. The molecule has 3 aliphatic heterocycles. The number of morpholine rings is 1. The molecule has 0 aliphatic carbocycles. The zero-order valence-electron chi connectivity index (χ0n) is 14.9. The maximum Gasteiger partial charge on any atom is 0.194 e. The van der Waals surface area contributed by atoms with E-state index in [0.717, 1.165) is 71.5 Å². The van der Waals surface area contributed by atoms with Gasteiger partial charge in [0.15, 0.2) is 5.96 Å². The first-order valence-corrected chi connectivity index (χ1v) is 9.33. The van der Waals surface area contributed by atoms with Gasteiger partial charge in [0.1, 0.15) is 0 Å². The number of hydrogen-bond donors (Lipinski definition) is 1. The molecule has 6 nitrogen and oxygen atoms in total. The summed E-state index contributed by atoms with van der Waals surface area (Å²) in [5.41, 5.74) is 0. The third-order valence-electron chi connectivity index (χ3n) is 5.08. The summed E-state index contributed by atoms with van der Waals surface area (Å²) >= 11 is 0. The monoisotopic (exact) mass is 452 g/mol. The number of aliphatic imine (C=N–C) groups is 1. The second kappa shape index (κ2) is 10.8. The summed E-state index contributed by atoms with van der Waals surface area (Å²) < 4.78 is 11.3. The summed E-state index contributed by atoms with van der Waals surface area (Å²) in [6, 6.07) is 0.647. The highest BCUT2D eigenvalue weighted by Gasteiger charge is 2.30. The molecule has 0 radical (unpaired) electrons. The van der Waals surface area contributed by atoms with Gasteiger partial charge >= 0.3 is 0 Å². The number of guanidine groups is 1. The van der Waals surface area contributed by atoms with Crippen molar-refractivity contribution >= 4 is 29.9 Å². The average molecular weight is 452 g/mol. The van der Waals surface area contributed by atoms with Crippen LogP contribution in [0.1, 0.15) is 32.6 Å². The first-order valence-electron chi connectivity index (χ1n) is 9.33. The van der Waals surface area contributed by atoms with Crippen LogP contribution in [0.5, 0.6) is 0 Å². The Balaban J connectivity index is 0.00000208. The molecule has 2 unspecified atom stereocenters. The predicted molar refractivity (Wildman–Crippen MR) is 107 cm³/mol. The fraction of sp³-hybridized carbons (Fsp3) is 0.941. The van der Waals surface area contributed by atoms with Crippen LogP contribution in [0, 0.1) is 0 Å². The van der Waals surface area contributed by atoms with E-state index in [1.165, 1.54) is 19.3 Å². The van der Waals surface area contributed by atoms with E-state index in [-0.39, 0.29) is 24.0 Å². The minimum atomic E-state index is 0. The van der Waals surface area contributed by atoms with E-state index >= 15 is 0 Å². The lowest BCUT2D eigenvalue weighted by molar-refractivity contribution is 0.0192. The highest BCUT2D eigenvalue weighted by Crippen LogP contribution is 2.18. The molecule has 0 spiro atoms. The van der Waals surface area contributed by atoms with E-state index in [4.69, 9.17) is 14.5 Å². The third-order valence-corrected chi connectivity index (χ3v) is 5.08. The number of ether oxygens (including phenoxy) is 2. The van der Waals surface area contributed by atoms with Crippen LogP contribution in [0.4, 0.5) is 0 Å². The van der Waals surface area contributed by atoms with Crippen molar-refractivity contribution in [1.29, 1.82) is 0 Å². The number of rotatable bonds is 4. The Labute approximate surface area is 163 Å². The number of halogens is 1. The summed E-state index contributed by atoms with van der Waals surface area (Å²) in [6.45, 7) is 10.8. The van der Waals surface area contributed by atoms with Gasteiger partial charge in [0.25, 0.3) is 0 Å².